The number of rotatable bonds is 6. The maximum absolute atomic E-state index is 6.23. The minimum Gasteiger partial charge on any atom is -0.310 e. The first kappa shape index (κ1) is 13.8. The van der Waals surface area contributed by atoms with Gasteiger partial charge in [-0.3, -0.25) is 0 Å². The lowest BCUT2D eigenvalue weighted by atomic mass is 10.0. The molecule has 0 radical (unpaired) electrons. The van der Waals surface area contributed by atoms with Gasteiger partial charge in [0.05, 0.1) is 10.0 Å². The van der Waals surface area contributed by atoms with Crippen LogP contribution in [0.15, 0.2) is 18.2 Å². The third-order valence-corrected chi connectivity index (χ3v) is 3.49. The lowest BCUT2D eigenvalue weighted by Crippen LogP contribution is -2.21. The normalized spacial score (nSPS) is 12.8. The Hall–Kier alpha value is -0.240. The number of hydrogen-bond donors (Lipinski definition) is 1. The van der Waals surface area contributed by atoms with Crippen LogP contribution in [0.4, 0.5) is 0 Å². The topological polar surface area (TPSA) is 12.0 Å². The second-order valence-electron chi connectivity index (χ2n) is 3.90. The first-order valence-electron chi connectivity index (χ1n) is 5.88. The van der Waals surface area contributed by atoms with Crippen LogP contribution >= 0.6 is 23.2 Å². The highest BCUT2D eigenvalue weighted by Gasteiger charge is 2.14. The van der Waals surface area contributed by atoms with E-state index in [-0.39, 0.29) is 0 Å². The van der Waals surface area contributed by atoms with E-state index in [0.29, 0.717) is 16.1 Å². The van der Waals surface area contributed by atoms with E-state index in [9.17, 15) is 0 Å². The standard InChI is InChI=1S/C13H19Cl2N/c1-3-5-9-12(16-4-2)10-7-6-8-11(14)13(10)15/h6-8,12,16H,3-5,9H2,1-2H3. The Bertz CT molecular complexity index is 326. The van der Waals surface area contributed by atoms with E-state index in [0.717, 1.165) is 18.5 Å². The molecule has 1 unspecified atom stereocenters. The molecule has 90 valence electrons. The van der Waals surface area contributed by atoms with Gasteiger partial charge in [-0.2, -0.15) is 0 Å². The highest BCUT2D eigenvalue weighted by Crippen LogP contribution is 2.31. The van der Waals surface area contributed by atoms with Gasteiger partial charge in [-0.1, -0.05) is 62.0 Å². The van der Waals surface area contributed by atoms with E-state index in [2.05, 4.69) is 25.2 Å². The molecule has 0 aliphatic carbocycles. The fourth-order valence-electron chi connectivity index (χ4n) is 1.81. The van der Waals surface area contributed by atoms with Crippen molar-refractivity contribution in [2.45, 2.75) is 39.2 Å². The molecule has 1 aromatic carbocycles. The highest BCUT2D eigenvalue weighted by molar-refractivity contribution is 6.42. The molecule has 1 nitrogen and oxygen atoms in total. The molecule has 0 aliphatic rings. The van der Waals surface area contributed by atoms with Gasteiger partial charge in [-0.05, 0) is 24.6 Å². The predicted octanol–water partition coefficient (Wildman–Crippen LogP) is 4.83. The molecule has 1 rings (SSSR count). The first-order valence-corrected chi connectivity index (χ1v) is 6.63. The van der Waals surface area contributed by atoms with Crippen LogP contribution in [0.5, 0.6) is 0 Å². The van der Waals surface area contributed by atoms with Gasteiger partial charge in [0.1, 0.15) is 0 Å². The van der Waals surface area contributed by atoms with Gasteiger partial charge in [-0.15, -0.1) is 0 Å². The van der Waals surface area contributed by atoms with E-state index in [1.807, 2.05) is 12.1 Å². The van der Waals surface area contributed by atoms with Crippen molar-refractivity contribution in [3.63, 3.8) is 0 Å². The third kappa shape index (κ3) is 3.65. The van der Waals surface area contributed by atoms with Crippen molar-refractivity contribution in [1.29, 1.82) is 0 Å². The fraction of sp³-hybridized carbons (Fsp3) is 0.538. The Morgan fingerprint density at radius 3 is 2.62 bits per heavy atom. The zero-order valence-corrected chi connectivity index (χ0v) is 11.4. The van der Waals surface area contributed by atoms with Crippen LogP contribution in [0.1, 0.15) is 44.7 Å². The number of benzene rings is 1. The molecule has 1 atom stereocenters. The molecule has 0 aromatic heterocycles. The molecule has 0 fully saturated rings. The van der Waals surface area contributed by atoms with E-state index in [4.69, 9.17) is 23.2 Å². The highest BCUT2D eigenvalue weighted by atomic mass is 35.5. The van der Waals surface area contributed by atoms with Crippen LogP contribution in [0, 0.1) is 0 Å². The number of unbranched alkanes of at least 4 members (excludes halogenated alkanes) is 1. The lowest BCUT2D eigenvalue weighted by molar-refractivity contribution is 0.495. The Kier molecular flexibility index (Phi) is 6.18. The summed E-state index contributed by atoms with van der Waals surface area (Å²) in [4.78, 5) is 0. The Labute approximate surface area is 108 Å². The fourth-order valence-corrected chi connectivity index (χ4v) is 2.25. The Morgan fingerprint density at radius 1 is 1.25 bits per heavy atom. The number of nitrogens with one attached hydrogen (secondary N) is 1. The van der Waals surface area contributed by atoms with E-state index in [1.165, 1.54) is 12.8 Å². The molecule has 0 heterocycles. The van der Waals surface area contributed by atoms with Crippen LogP contribution in [0.25, 0.3) is 0 Å². The summed E-state index contributed by atoms with van der Waals surface area (Å²) < 4.78 is 0. The second kappa shape index (κ2) is 7.16. The molecule has 0 bridgehead atoms. The Morgan fingerprint density at radius 2 is 2.00 bits per heavy atom. The number of hydrogen-bond acceptors (Lipinski definition) is 1. The summed E-state index contributed by atoms with van der Waals surface area (Å²) in [6.45, 7) is 5.25. The molecule has 3 heteroatoms. The lowest BCUT2D eigenvalue weighted by Gasteiger charge is -2.19. The summed E-state index contributed by atoms with van der Waals surface area (Å²) in [6, 6.07) is 6.16. The van der Waals surface area contributed by atoms with Crippen molar-refractivity contribution in [2.75, 3.05) is 6.54 Å². The maximum atomic E-state index is 6.23. The average Bonchev–Trinajstić information content (AvgIpc) is 2.28. The van der Waals surface area contributed by atoms with E-state index < -0.39 is 0 Å². The SMILES string of the molecule is CCCCC(NCC)c1cccc(Cl)c1Cl. The maximum Gasteiger partial charge on any atom is 0.0640 e. The monoisotopic (exact) mass is 259 g/mol. The summed E-state index contributed by atoms with van der Waals surface area (Å²) in [6.07, 6.45) is 3.49. The molecular weight excluding hydrogens is 241 g/mol. The van der Waals surface area contributed by atoms with Crippen LogP contribution in [-0.4, -0.2) is 6.54 Å². The zero-order valence-electron chi connectivity index (χ0n) is 9.89. The van der Waals surface area contributed by atoms with E-state index in [1.54, 1.807) is 0 Å². The van der Waals surface area contributed by atoms with Crippen LogP contribution in [0.2, 0.25) is 10.0 Å². The van der Waals surface area contributed by atoms with Crippen molar-refractivity contribution in [2.24, 2.45) is 0 Å². The summed E-state index contributed by atoms with van der Waals surface area (Å²) in [7, 11) is 0. The predicted molar refractivity (Wildman–Crippen MR) is 72.4 cm³/mol. The largest absolute Gasteiger partial charge is 0.310 e. The summed E-state index contributed by atoms with van der Waals surface area (Å²) in [5, 5.41) is 4.78. The minimum absolute atomic E-state index is 0.316. The van der Waals surface area contributed by atoms with Crippen molar-refractivity contribution in [1.82, 2.24) is 5.32 Å². The van der Waals surface area contributed by atoms with E-state index >= 15 is 0 Å². The van der Waals surface area contributed by atoms with Crippen LogP contribution < -0.4 is 5.32 Å². The van der Waals surface area contributed by atoms with Crippen molar-refractivity contribution >= 4 is 23.2 Å². The smallest absolute Gasteiger partial charge is 0.0640 e. The van der Waals surface area contributed by atoms with Crippen LogP contribution in [-0.2, 0) is 0 Å². The van der Waals surface area contributed by atoms with Gasteiger partial charge in [0, 0.05) is 6.04 Å². The molecule has 0 aliphatic heterocycles. The molecular formula is C13H19Cl2N. The number of halogens is 2. The Balaban J connectivity index is 2.86. The molecule has 1 aromatic rings. The van der Waals surface area contributed by atoms with Gasteiger partial charge in [0.25, 0.3) is 0 Å². The van der Waals surface area contributed by atoms with Crippen molar-refractivity contribution < 1.29 is 0 Å². The van der Waals surface area contributed by atoms with Gasteiger partial charge < -0.3 is 5.32 Å². The minimum atomic E-state index is 0.316. The molecule has 0 saturated heterocycles. The summed E-state index contributed by atoms with van der Waals surface area (Å²) in [5.41, 5.74) is 1.12. The van der Waals surface area contributed by atoms with Gasteiger partial charge >= 0.3 is 0 Å². The molecule has 0 saturated carbocycles. The zero-order chi connectivity index (χ0) is 12.0. The molecule has 16 heavy (non-hydrogen) atoms. The van der Waals surface area contributed by atoms with Crippen molar-refractivity contribution in [3.8, 4) is 0 Å². The van der Waals surface area contributed by atoms with Gasteiger partial charge in [0.2, 0.25) is 0 Å². The third-order valence-electron chi connectivity index (χ3n) is 2.65. The van der Waals surface area contributed by atoms with Gasteiger partial charge in [0.15, 0.2) is 0 Å². The summed E-state index contributed by atoms with van der Waals surface area (Å²) in [5.74, 6) is 0. The average molecular weight is 260 g/mol. The second-order valence-corrected chi connectivity index (χ2v) is 4.68. The quantitative estimate of drug-likeness (QED) is 0.772. The molecule has 1 N–H and O–H groups in total. The van der Waals surface area contributed by atoms with Crippen LogP contribution in [0.3, 0.4) is 0 Å². The molecule has 0 amide bonds. The van der Waals surface area contributed by atoms with Gasteiger partial charge in [-0.25, -0.2) is 0 Å². The summed E-state index contributed by atoms with van der Waals surface area (Å²) >= 11 is 12.3. The molecule has 0 spiro atoms. The van der Waals surface area contributed by atoms with Crippen molar-refractivity contribution in [3.05, 3.63) is 33.8 Å². The first-order chi connectivity index (χ1) is 7.70.